The lowest BCUT2D eigenvalue weighted by molar-refractivity contribution is -0.153. The largest absolute Gasteiger partial charge is 0.460 e. The van der Waals surface area contributed by atoms with E-state index < -0.39 is 13.5 Å². The van der Waals surface area contributed by atoms with Gasteiger partial charge in [-0.05, 0) is 42.6 Å². The molecule has 0 aliphatic carbocycles. The van der Waals surface area contributed by atoms with Crippen molar-refractivity contribution in [3.05, 3.63) is 62.9 Å². The molecule has 4 heterocycles. The first-order chi connectivity index (χ1) is 14.6. The number of cyclic esters (lactones) is 1. The topological polar surface area (TPSA) is 61.2 Å². The van der Waals surface area contributed by atoms with Crippen LogP contribution in [-0.4, -0.2) is 23.6 Å². The highest BCUT2D eigenvalue weighted by Crippen LogP contribution is 2.41. The molecule has 160 valence electrons. The molecule has 5 rings (SSSR count). The van der Waals surface area contributed by atoms with Crippen molar-refractivity contribution in [1.29, 1.82) is 0 Å². The first-order valence-corrected chi connectivity index (χ1v) is 14.7. The summed E-state index contributed by atoms with van der Waals surface area (Å²) in [6, 6.07) is 11.3. The van der Waals surface area contributed by atoms with Crippen molar-refractivity contribution in [3.63, 3.8) is 0 Å². The van der Waals surface area contributed by atoms with Crippen molar-refractivity contribution in [2.24, 2.45) is 0 Å². The molecular weight excluding hydrogens is 404 g/mol. The average Bonchev–Trinajstić information content (AvgIpc) is 3.09. The molecule has 6 heteroatoms. The van der Waals surface area contributed by atoms with E-state index in [-0.39, 0.29) is 18.1 Å². The van der Waals surface area contributed by atoms with Gasteiger partial charge in [-0.3, -0.25) is 9.59 Å². The summed E-state index contributed by atoms with van der Waals surface area (Å²) in [6.07, 6.45) is 0.584. The quantitative estimate of drug-likeness (QED) is 0.351. The van der Waals surface area contributed by atoms with Crippen LogP contribution in [0.1, 0.15) is 42.5 Å². The number of carbonyl (C=O) groups is 1. The summed E-state index contributed by atoms with van der Waals surface area (Å²) in [5, 5.41) is 1.19. The van der Waals surface area contributed by atoms with Gasteiger partial charge in [0.05, 0.1) is 34.4 Å². The molecule has 3 aromatic rings. The van der Waals surface area contributed by atoms with Crippen molar-refractivity contribution in [1.82, 2.24) is 9.55 Å². The Balaban J connectivity index is 1.82. The summed E-state index contributed by atoms with van der Waals surface area (Å²) < 4.78 is 7.25. The molecule has 2 aliphatic rings. The Labute approximate surface area is 183 Å². The fourth-order valence-electron chi connectivity index (χ4n) is 5.01. The molecule has 1 atom stereocenters. The van der Waals surface area contributed by atoms with Gasteiger partial charge < -0.3 is 9.30 Å². The molecule has 0 saturated carbocycles. The van der Waals surface area contributed by atoms with Gasteiger partial charge in [-0.15, -0.1) is 0 Å². The van der Waals surface area contributed by atoms with Crippen molar-refractivity contribution < 1.29 is 9.53 Å². The van der Waals surface area contributed by atoms with Gasteiger partial charge in [0.15, 0.2) is 0 Å². The number of carbonyl (C=O) groups excluding carboxylic acids is 1. The van der Waals surface area contributed by atoms with Crippen molar-refractivity contribution >= 4 is 24.9 Å². The van der Waals surface area contributed by atoms with Crippen LogP contribution in [0.25, 0.3) is 22.3 Å². The zero-order valence-corrected chi connectivity index (χ0v) is 19.8. The molecule has 0 fully saturated rings. The number of pyridine rings is 2. The Kier molecular flexibility index (Phi) is 4.32. The van der Waals surface area contributed by atoms with Crippen LogP contribution in [0.5, 0.6) is 0 Å². The minimum Gasteiger partial charge on any atom is -0.460 e. The SMILES string of the molecule is CCC1(C)C(=O)OCc2c1cc1n(c2=O)Cc2c-1nc1ccccc1c2C[Si](C)(C)C. The Bertz CT molecular complexity index is 1320. The number of ether oxygens (including phenoxy) is 1. The van der Waals surface area contributed by atoms with Gasteiger partial charge in [-0.1, -0.05) is 44.8 Å². The first kappa shape index (κ1) is 20.2. The molecular formula is C25H28N2O3Si. The van der Waals surface area contributed by atoms with E-state index in [9.17, 15) is 9.59 Å². The lowest BCUT2D eigenvalue weighted by atomic mass is 9.76. The highest BCUT2D eigenvalue weighted by Gasteiger charge is 2.43. The van der Waals surface area contributed by atoms with Crippen LogP contribution in [0.4, 0.5) is 0 Å². The fraction of sp³-hybridized carbons (Fsp3) is 0.400. The van der Waals surface area contributed by atoms with Crippen LogP contribution in [0.2, 0.25) is 19.6 Å². The predicted molar refractivity (Wildman–Crippen MR) is 125 cm³/mol. The number of hydrogen-bond donors (Lipinski definition) is 0. The molecule has 0 radical (unpaired) electrons. The molecule has 2 aliphatic heterocycles. The van der Waals surface area contributed by atoms with Crippen LogP contribution in [-0.2, 0) is 34.1 Å². The summed E-state index contributed by atoms with van der Waals surface area (Å²) in [5.41, 5.74) is 5.72. The molecule has 31 heavy (non-hydrogen) atoms. The van der Waals surface area contributed by atoms with E-state index in [1.54, 1.807) is 0 Å². The summed E-state index contributed by atoms with van der Waals surface area (Å²) in [7, 11) is -1.42. The first-order valence-electron chi connectivity index (χ1n) is 11.0. The summed E-state index contributed by atoms with van der Waals surface area (Å²) in [6.45, 7) is 11.5. The maximum Gasteiger partial charge on any atom is 0.316 e. The number of benzene rings is 1. The number of fused-ring (bicyclic) bond motifs is 5. The van der Waals surface area contributed by atoms with E-state index in [2.05, 4.69) is 37.8 Å². The van der Waals surface area contributed by atoms with Crippen LogP contribution in [0.3, 0.4) is 0 Å². The molecule has 0 saturated heterocycles. The highest BCUT2D eigenvalue weighted by atomic mass is 28.3. The molecule has 0 bridgehead atoms. The molecule has 1 aromatic carbocycles. The lowest BCUT2D eigenvalue weighted by Crippen LogP contribution is -2.42. The molecule has 5 nitrogen and oxygen atoms in total. The van der Waals surface area contributed by atoms with E-state index in [4.69, 9.17) is 9.72 Å². The van der Waals surface area contributed by atoms with Crippen LogP contribution in [0, 0.1) is 0 Å². The van der Waals surface area contributed by atoms with E-state index in [1.807, 2.05) is 30.5 Å². The van der Waals surface area contributed by atoms with Crippen LogP contribution < -0.4 is 5.56 Å². The number of para-hydroxylation sites is 1. The molecule has 2 aromatic heterocycles. The number of hydrogen-bond acceptors (Lipinski definition) is 4. The Hall–Kier alpha value is -2.73. The second kappa shape index (κ2) is 6.63. The molecule has 1 unspecified atom stereocenters. The van der Waals surface area contributed by atoms with E-state index in [0.29, 0.717) is 18.5 Å². The van der Waals surface area contributed by atoms with Gasteiger partial charge >= 0.3 is 5.97 Å². The monoisotopic (exact) mass is 432 g/mol. The van der Waals surface area contributed by atoms with Gasteiger partial charge in [0.2, 0.25) is 0 Å². The van der Waals surface area contributed by atoms with Gasteiger partial charge in [0.25, 0.3) is 5.56 Å². The van der Waals surface area contributed by atoms with Gasteiger partial charge in [-0.2, -0.15) is 0 Å². The average molecular weight is 433 g/mol. The summed E-state index contributed by atoms with van der Waals surface area (Å²) in [4.78, 5) is 31.1. The second-order valence-corrected chi connectivity index (χ2v) is 15.7. The van der Waals surface area contributed by atoms with E-state index in [1.165, 1.54) is 10.9 Å². The van der Waals surface area contributed by atoms with Crippen LogP contribution in [0.15, 0.2) is 35.1 Å². The number of esters is 1. The Morgan fingerprint density at radius 3 is 2.61 bits per heavy atom. The molecule has 0 spiro atoms. The normalized spacial score (nSPS) is 19.7. The van der Waals surface area contributed by atoms with Crippen molar-refractivity contribution in [3.8, 4) is 11.4 Å². The van der Waals surface area contributed by atoms with Crippen molar-refractivity contribution in [2.45, 2.75) is 64.5 Å². The smallest absolute Gasteiger partial charge is 0.316 e. The summed E-state index contributed by atoms with van der Waals surface area (Å²) in [5.74, 6) is -0.254. The second-order valence-electron chi connectivity index (χ2n) is 10.2. The zero-order chi connectivity index (χ0) is 22.1. The van der Waals surface area contributed by atoms with E-state index in [0.717, 1.165) is 34.1 Å². The minimum atomic E-state index is -1.42. The molecule has 0 N–H and O–H groups in total. The number of nitrogens with zero attached hydrogens (tertiary/aromatic N) is 2. The van der Waals surface area contributed by atoms with Gasteiger partial charge in [-0.25, -0.2) is 4.98 Å². The third-order valence-corrected chi connectivity index (χ3v) is 8.29. The highest BCUT2D eigenvalue weighted by molar-refractivity contribution is 6.75. The lowest BCUT2D eigenvalue weighted by Gasteiger charge is -2.33. The van der Waals surface area contributed by atoms with Crippen LogP contribution >= 0.6 is 0 Å². The summed E-state index contributed by atoms with van der Waals surface area (Å²) >= 11 is 0. The van der Waals surface area contributed by atoms with Gasteiger partial charge in [0, 0.05) is 19.0 Å². The van der Waals surface area contributed by atoms with Gasteiger partial charge in [0.1, 0.15) is 6.61 Å². The Morgan fingerprint density at radius 1 is 1.16 bits per heavy atom. The number of rotatable bonds is 3. The minimum absolute atomic E-state index is 0.0520. The third-order valence-electron chi connectivity index (χ3n) is 6.88. The maximum absolute atomic E-state index is 13.5. The standard InChI is InChI=1S/C25H28N2O3Si/c1-6-25(2)19-11-21-22-16(12-27(21)23(28)17(19)13-30-24(25)29)18(14-31(3,4)5)15-9-7-8-10-20(15)26-22/h7-11H,6,12-14H2,1-5H3. The van der Waals surface area contributed by atoms with E-state index >= 15 is 0 Å². The number of aromatic nitrogens is 2. The molecule has 0 amide bonds. The maximum atomic E-state index is 13.5. The zero-order valence-electron chi connectivity index (χ0n) is 18.8. The fourth-order valence-corrected chi connectivity index (χ4v) is 6.47. The Morgan fingerprint density at radius 2 is 1.90 bits per heavy atom. The third kappa shape index (κ3) is 2.92. The predicted octanol–water partition coefficient (Wildman–Crippen LogP) is 4.57. The van der Waals surface area contributed by atoms with Crippen molar-refractivity contribution in [2.75, 3.05) is 0 Å².